The van der Waals surface area contributed by atoms with E-state index in [4.69, 9.17) is 9.47 Å². The van der Waals surface area contributed by atoms with Gasteiger partial charge in [0, 0.05) is 20.0 Å². The van der Waals surface area contributed by atoms with Crippen LogP contribution < -0.4 is 10.1 Å². The van der Waals surface area contributed by atoms with Crippen molar-refractivity contribution in [2.75, 3.05) is 26.3 Å². The Labute approximate surface area is 185 Å². The zero-order valence-electron chi connectivity index (χ0n) is 19.4. The summed E-state index contributed by atoms with van der Waals surface area (Å²) in [6.07, 6.45) is 1.88. The van der Waals surface area contributed by atoms with Crippen molar-refractivity contribution in [2.24, 2.45) is 0 Å². The van der Waals surface area contributed by atoms with Gasteiger partial charge in [-0.1, -0.05) is 39.0 Å². The van der Waals surface area contributed by atoms with Crippen molar-refractivity contribution in [3.8, 4) is 5.75 Å². The first-order valence-electron chi connectivity index (χ1n) is 11.1. The lowest BCUT2D eigenvalue weighted by atomic mass is 9.77. The van der Waals surface area contributed by atoms with Crippen LogP contribution in [0.2, 0.25) is 0 Å². The number of aliphatic hydroxyl groups is 1. The van der Waals surface area contributed by atoms with Crippen molar-refractivity contribution >= 4 is 11.8 Å². The van der Waals surface area contributed by atoms with Crippen molar-refractivity contribution in [3.63, 3.8) is 0 Å². The quantitative estimate of drug-likeness (QED) is 0.763. The van der Waals surface area contributed by atoms with Gasteiger partial charge in [0.2, 0.25) is 5.91 Å². The summed E-state index contributed by atoms with van der Waals surface area (Å²) in [7, 11) is 0. The van der Waals surface area contributed by atoms with Crippen molar-refractivity contribution in [2.45, 2.75) is 76.5 Å². The second-order valence-electron chi connectivity index (χ2n) is 10.2. The molecule has 2 aliphatic rings. The average molecular weight is 433 g/mol. The molecule has 2 heterocycles. The Morgan fingerprint density at radius 1 is 1.26 bits per heavy atom. The van der Waals surface area contributed by atoms with Gasteiger partial charge in [-0.2, -0.15) is 0 Å². The van der Waals surface area contributed by atoms with Crippen LogP contribution in [0.3, 0.4) is 0 Å². The molecular formula is C24H36N2O5. The number of nitrogens with zero attached hydrogens (tertiary/aromatic N) is 1. The molecule has 31 heavy (non-hydrogen) atoms. The molecule has 1 aromatic rings. The lowest BCUT2D eigenvalue weighted by Gasteiger charge is -2.50. The molecule has 0 unspecified atom stereocenters. The van der Waals surface area contributed by atoms with E-state index in [0.29, 0.717) is 32.4 Å². The van der Waals surface area contributed by atoms with E-state index in [1.54, 1.807) is 6.92 Å². The number of ether oxygens (including phenoxy) is 2. The van der Waals surface area contributed by atoms with Gasteiger partial charge in [0.25, 0.3) is 5.91 Å². The number of hydrogen-bond donors (Lipinski definition) is 2. The Bertz CT molecular complexity index is 806. The fourth-order valence-corrected chi connectivity index (χ4v) is 4.46. The van der Waals surface area contributed by atoms with Gasteiger partial charge in [-0.15, -0.1) is 0 Å². The zero-order valence-corrected chi connectivity index (χ0v) is 19.4. The molecule has 7 heteroatoms. The summed E-state index contributed by atoms with van der Waals surface area (Å²) >= 11 is 0. The first kappa shape index (κ1) is 23.5. The molecule has 0 bridgehead atoms. The van der Waals surface area contributed by atoms with Gasteiger partial charge in [0.15, 0.2) is 6.61 Å². The van der Waals surface area contributed by atoms with Crippen molar-refractivity contribution in [3.05, 3.63) is 29.8 Å². The highest BCUT2D eigenvalue weighted by molar-refractivity contribution is 5.78. The van der Waals surface area contributed by atoms with Crippen LogP contribution in [0.5, 0.6) is 5.75 Å². The van der Waals surface area contributed by atoms with E-state index in [-0.39, 0.29) is 36.5 Å². The first-order valence-corrected chi connectivity index (χ1v) is 11.1. The number of para-hydroxylation sites is 1. The Morgan fingerprint density at radius 3 is 2.52 bits per heavy atom. The molecule has 2 amide bonds. The molecule has 1 spiro atoms. The Kier molecular flexibility index (Phi) is 6.67. The largest absolute Gasteiger partial charge is 0.483 e. The van der Waals surface area contributed by atoms with Gasteiger partial charge in [-0.05, 0) is 43.2 Å². The number of carbonyl (C=O) groups is 2. The van der Waals surface area contributed by atoms with Gasteiger partial charge >= 0.3 is 0 Å². The van der Waals surface area contributed by atoms with E-state index in [1.807, 2.05) is 29.2 Å². The molecule has 2 fully saturated rings. The predicted molar refractivity (Wildman–Crippen MR) is 118 cm³/mol. The monoisotopic (exact) mass is 432 g/mol. The topological polar surface area (TPSA) is 88.1 Å². The van der Waals surface area contributed by atoms with Crippen LogP contribution in [0.15, 0.2) is 24.3 Å². The van der Waals surface area contributed by atoms with E-state index >= 15 is 0 Å². The highest BCUT2D eigenvalue weighted by atomic mass is 16.5. The molecular weight excluding hydrogens is 396 g/mol. The minimum absolute atomic E-state index is 0.00415. The van der Waals surface area contributed by atoms with Gasteiger partial charge < -0.3 is 24.8 Å². The van der Waals surface area contributed by atoms with E-state index in [2.05, 4.69) is 26.1 Å². The molecule has 2 aliphatic heterocycles. The molecule has 2 saturated heterocycles. The highest BCUT2D eigenvalue weighted by Crippen LogP contribution is 2.38. The standard InChI is InChI=1S/C24H36N2O5/c1-17(27)25-20-14-24(31-16-23(20,5)29)10-12-26(13-11-24)21(28)15-30-19-9-7-6-8-18(19)22(2,3)4/h6-9,20,29H,10-16H2,1-5H3,(H,25,27)/t20-,23-/m0/s1. The molecule has 1 aromatic carbocycles. The predicted octanol–water partition coefficient (Wildman–Crippen LogP) is 2.40. The minimum atomic E-state index is -1.10. The zero-order chi connectivity index (χ0) is 22.9. The summed E-state index contributed by atoms with van der Waals surface area (Å²) in [5.74, 6) is 0.537. The lowest BCUT2D eigenvalue weighted by Crippen LogP contribution is -2.64. The van der Waals surface area contributed by atoms with Crippen LogP contribution in [0.4, 0.5) is 0 Å². The third-order valence-electron chi connectivity index (χ3n) is 6.45. The van der Waals surface area contributed by atoms with Crippen LogP contribution in [0.25, 0.3) is 0 Å². The first-order chi connectivity index (χ1) is 14.4. The second-order valence-corrected chi connectivity index (χ2v) is 10.2. The van der Waals surface area contributed by atoms with Crippen molar-refractivity contribution in [1.29, 1.82) is 0 Å². The number of piperidine rings is 1. The SMILES string of the molecule is CC(=O)N[C@H]1CC2(CCN(C(=O)COc3ccccc3C(C)(C)C)CC2)OC[C@]1(C)O. The molecule has 0 aliphatic carbocycles. The molecule has 0 aromatic heterocycles. The maximum Gasteiger partial charge on any atom is 0.260 e. The molecule has 172 valence electrons. The van der Waals surface area contributed by atoms with Crippen LogP contribution in [0.1, 0.15) is 59.4 Å². The van der Waals surface area contributed by atoms with Crippen LogP contribution >= 0.6 is 0 Å². The maximum atomic E-state index is 12.8. The van der Waals surface area contributed by atoms with Gasteiger partial charge in [-0.25, -0.2) is 0 Å². The van der Waals surface area contributed by atoms with E-state index in [0.717, 1.165) is 11.3 Å². The van der Waals surface area contributed by atoms with Crippen molar-refractivity contribution < 1.29 is 24.2 Å². The summed E-state index contributed by atoms with van der Waals surface area (Å²) in [5, 5.41) is 13.4. The average Bonchev–Trinajstić information content (AvgIpc) is 2.69. The number of amides is 2. The van der Waals surface area contributed by atoms with Crippen LogP contribution in [-0.4, -0.2) is 65.4 Å². The molecule has 0 radical (unpaired) electrons. The molecule has 0 saturated carbocycles. The maximum absolute atomic E-state index is 12.8. The summed E-state index contributed by atoms with van der Waals surface area (Å²) in [5.41, 5.74) is -0.516. The second kappa shape index (κ2) is 8.79. The third-order valence-corrected chi connectivity index (χ3v) is 6.45. The van der Waals surface area contributed by atoms with E-state index in [1.165, 1.54) is 6.92 Å². The number of benzene rings is 1. The fourth-order valence-electron chi connectivity index (χ4n) is 4.46. The lowest BCUT2D eigenvalue weighted by molar-refractivity contribution is -0.194. The highest BCUT2D eigenvalue weighted by Gasteiger charge is 2.49. The molecule has 7 nitrogen and oxygen atoms in total. The summed E-state index contributed by atoms with van der Waals surface area (Å²) in [6.45, 7) is 10.8. The number of rotatable bonds is 4. The van der Waals surface area contributed by atoms with Gasteiger partial charge in [0.1, 0.15) is 11.4 Å². The molecule has 2 N–H and O–H groups in total. The Balaban J connectivity index is 1.56. The van der Waals surface area contributed by atoms with Crippen molar-refractivity contribution in [1.82, 2.24) is 10.2 Å². The summed E-state index contributed by atoms with van der Waals surface area (Å²) in [4.78, 5) is 26.2. The van der Waals surface area contributed by atoms with Gasteiger partial charge in [-0.3, -0.25) is 9.59 Å². The van der Waals surface area contributed by atoms with Gasteiger partial charge in [0.05, 0.1) is 18.2 Å². The van der Waals surface area contributed by atoms with E-state index < -0.39 is 11.2 Å². The van der Waals surface area contributed by atoms with Crippen LogP contribution in [-0.2, 0) is 19.7 Å². The number of hydrogen-bond acceptors (Lipinski definition) is 5. The smallest absolute Gasteiger partial charge is 0.260 e. The number of likely N-dealkylation sites (tertiary alicyclic amines) is 1. The molecule has 2 atom stereocenters. The number of carbonyl (C=O) groups excluding carboxylic acids is 2. The fraction of sp³-hybridized carbons (Fsp3) is 0.667. The normalized spacial score (nSPS) is 25.9. The Morgan fingerprint density at radius 2 is 1.90 bits per heavy atom. The third kappa shape index (κ3) is 5.57. The van der Waals surface area contributed by atoms with Crippen LogP contribution in [0, 0.1) is 0 Å². The minimum Gasteiger partial charge on any atom is -0.483 e. The van der Waals surface area contributed by atoms with E-state index in [9.17, 15) is 14.7 Å². The summed E-state index contributed by atoms with van der Waals surface area (Å²) < 4.78 is 12.0. The summed E-state index contributed by atoms with van der Waals surface area (Å²) in [6, 6.07) is 7.47. The number of nitrogens with one attached hydrogen (secondary N) is 1. The molecule has 3 rings (SSSR count). The Hall–Kier alpha value is -2.12.